The van der Waals surface area contributed by atoms with Crippen LogP contribution < -0.4 is 5.73 Å². The molecule has 0 radical (unpaired) electrons. The van der Waals surface area contributed by atoms with Crippen molar-refractivity contribution in [1.29, 1.82) is 0 Å². The summed E-state index contributed by atoms with van der Waals surface area (Å²) in [5, 5.41) is 21.7. The molecule has 4 N–H and O–H groups in total. The molecule has 3 aromatic rings. The maximum Gasteiger partial charge on any atom is 0.323 e. The number of rotatable bonds is 6. The third-order valence-electron chi connectivity index (χ3n) is 5.27. The van der Waals surface area contributed by atoms with E-state index in [2.05, 4.69) is 20.9 Å². The second-order valence-corrected chi connectivity index (χ2v) is 9.00. The number of carbonyl (C=O) groups excluding carboxylic acids is 1. The number of benzene rings is 2. The average molecular weight is 545 g/mol. The zero-order chi connectivity index (χ0) is 23.0. The van der Waals surface area contributed by atoms with E-state index < -0.39 is 36.6 Å². The van der Waals surface area contributed by atoms with Gasteiger partial charge in [0.05, 0.1) is 21.1 Å². The Kier molecular flexibility index (Phi) is 7.06. The lowest BCUT2D eigenvalue weighted by atomic mass is 10.1. The van der Waals surface area contributed by atoms with E-state index in [1.54, 1.807) is 16.7 Å². The number of aromatic nitrogens is 2. The van der Waals surface area contributed by atoms with Crippen molar-refractivity contribution in [1.82, 2.24) is 9.55 Å². The van der Waals surface area contributed by atoms with E-state index in [4.69, 9.17) is 38.4 Å². The molecule has 1 aliphatic heterocycles. The average Bonchev–Trinajstić information content (AvgIpc) is 3.22. The molecule has 2 aromatic carbocycles. The fraction of sp³-hybridized carbons (Fsp3) is 0.333. The highest BCUT2D eigenvalue weighted by molar-refractivity contribution is 9.10. The number of aliphatic hydroxyl groups is 2. The Morgan fingerprint density at radius 2 is 1.91 bits per heavy atom. The van der Waals surface area contributed by atoms with Crippen molar-refractivity contribution in [3.8, 4) is 0 Å². The van der Waals surface area contributed by atoms with E-state index in [9.17, 15) is 15.0 Å². The molecular formula is C21H20BrCl2N3O5. The molecule has 11 heteroatoms. The van der Waals surface area contributed by atoms with E-state index in [1.165, 1.54) is 0 Å². The normalized spacial score (nSPS) is 24.1. The monoisotopic (exact) mass is 543 g/mol. The number of carbonyl (C=O) groups is 1. The molecule has 2 heterocycles. The molecule has 0 aliphatic carbocycles. The van der Waals surface area contributed by atoms with Gasteiger partial charge in [-0.05, 0) is 40.0 Å². The van der Waals surface area contributed by atoms with Crippen LogP contribution in [0.15, 0.2) is 47.2 Å². The zero-order valence-corrected chi connectivity index (χ0v) is 19.7. The van der Waals surface area contributed by atoms with Crippen LogP contribution in [0, 0.1) is 0 Å². The smallest absolute Gasteiger partial charge is 0.323 e. The fourth-order valence-electron chi connectivity index (χ4n) is 3.61. The minimum Gasteiger partial charge on any atom is -0.462 e. The Hall–Kier alpha value is -1.72. The number of imidazole rings is 1. The summed E-state index contributed by atoms with van der Waals surface area (Å²) in [5.41, 5.74) is 7.92. The first-order valence-electron chi connectivity index (χ1n) is 9.76. The Balaban J connectivity index is 1.45. The molecule has 0 saturated carbocycles. The summed E-state index contributed by atoms with van der Waals surface area (Å²) >= 11 is 15.5. The van der Waals surface area contributed by atoms with Crippen LogP contribution in [0.2, 0.25) is 10.0 Å². The number of ether oxygens (including phenoxy) is 2. The predicted octanol–water partition coefficient (Wildman–Crippen LogP) is 2.84. The second-order valence-electron chi connectivity index (χ2n) is 7.48. The third-order valence-corrected chi connectivity index (χ3v) is 6.55. The van der Waals surface area contributed by atoms with Crippen molar-refractivity contribution < 1.29 is 24.5 Å². The third kappa shape index (κ3) is 4.65. The van der Waals surface area contributed by atoms with Crippen molar-refractivity contribution in [2.75, 3.05) is 6.61 Å². The maximum absolute atomic E-state index is 12.3. The Bertz CT molecular complexity index is 1130. The maximum atomic E-state index is 12.3. The molecule has 0 amide bonds. The molecule has 5 atom stereocenters. The van der Waals surface area contributed by atoms with Gasteiger partial charge in [-0.15, -0.1) is 0 Å². The Morgan fingerprint density at radius 1 is 1.22 bits per heavy atom. The number of hydrogen-bond acceptors (Lipinski definition) is 7. The first-order valence-corrected chi connectivity index (χ1v) is 11.3. The van der Waals surface area contributed by atoms with Gasteiger partial charge >= 0.3 is 5.97 Å². The van der Waals surface area contributed by atoms with Crippen molar-refractivity contribution >= 4 is 56.1 Å². The highest BCUT2D eigenvalue weighted by Crippen LogP contribution is 2.37. The van der Waals surface area contributed by atoms with Crippen LogP contribution in [0.1, 0.15) is 11.8 Å². The highest BCUT2D eigenvalue weighted by atomic mass is 79.9. The predicted molar refractivity (Wildman–Crippen MR) is 122 cm³/mol. The summed E-state index contributed by atoms with van der Waals surface area (Å²) in [7, 11) is 0. The molecule has 1 fully saturated rings. The molecule has 170 valence electrons. The summed E-state index contributed by atoms with van der Waals surface area (Å²) in [6, 6.07) is 11.6. The van der Waals surface area contributed by atoms with Crippen LogP contribution in [0.25, 0.3) is 11.0 Å². The molecule has 8 nitrogen and oxygen atoms in total. The van der Waals surface area contributed by atoms with Gasteiger partial charge < -0.3 is 25.4 Å². The Morgan fingerprint density at radius 3 is 2.62 bits per heavy atom. The molecule has 1 saturated heterocycles. The molecule has 4 rings (SSSR count). The lowest BCUT2D eigenvalue weighted by Crippen LogP contribution is -2.38. The number of nitrogens with two attached hydrogens (primary N) is 1. The number of aliphatic hydroxyl groups excluding tert-OH is 2. The van der Waals surface area contributed by atoms with E-state index in [0.717, 1.165) is 5.56 Å². The van der Waals surface area contributed by atoms with Crippen LogP contribution in [0.5, 0.6) is 0 Å². The fourth-order valence-corrected chi connectivity index (χ4v) is 4.51. The second kappa shape index (κ2) is 9.64. The van der Waals surface area contributed by atoms with Gasteiger partial charge in [-0.3, -0.25) is 9.36 Å². The summed E-state index contributed by atoms with van der Waals surface area (Å²) in [4.78, 5) is 16.6. The van der Waals surface area contributed by atoms with Crippen LogP contribution in [-0.4, -0.2) is 56.7 Å². The first kappa shape index (κ1) is 23.4. The van der Waals surface area contributed by atoms with Crippen LogP contribution in [-0.2, 0) is 20.7 Å². The van der Waals surface area contributed by atoms with Crippen LogP contribution >= 0.6 is 39.1 Å². The SMILES string of the molecule is N[C@@H](Cc1ccccc1)C(=O)OCC1OC(n2c(Br)nc3cc(Cl)c(Cl)cc32)C(O)C1O. The van der Waals surface area contributed by atoms with E-state index >= 15 is 0 Å². The van der Waals surface area contributed by atoms with E-state index in [0.29, 0.717) is 32.2 Å². The van der Waals surface area contributed by atoms with Gasteiger partial charge in [-0.1, -0.05) is 53.5 Å². The van der Waals surface area contributed by atoms with Crippen LogP contribution in [0.4, 0.5) is 0 Å². The number of esters is 1. The minimum absolute atomic E-state index is 0.271. The lowest BCUT2D eigenvalue weighted by molar-refractivity contribution is -0.151. The molecule has 1 aromatic heterocycles. The van der Waals surface area contributed by atoms with E-state index in [-0.39, 0.29) is 6.61 Å². The largest absolute Gasteiger partial charge is 0.462 e. The number of fused-ring (bicyclic) bond motifs is 1. The quantitative estimate of drug-likeness (QED) is 0.408. The Labute approximate surface area is 202 Å². The highest BCUT2D eigenvalue weighted by Gasteiger charge is 2.45. The van der Waals surface area contributed by atoms with Crippen molar-refractivity contribution in [2.45, 2.75) is 37.0 Å². The summed E-state index contributed by atoms with van der Waals surface area (Å²) in [6.45, 7) is -0.271. The van der Waals surface area contributed by atoms with Gasteiger partial charge in [-0.2, -0.15) is 0 Å². The molecular weight excluding hydrogens is 525 g/mol. The van der Waals surface area contributed by atoms with Gasteiger partial charge in [0.15, 0.2) is 11.0 Å². The van der Waals surface area contributed by atoms with E-state index in [1.807, 2.05) is 30.3 Å². The van der Waals surface area contributed by atoms with Gasteiger partial charge in [0, 0.05) is 0 Å². The molecule has 4 unspecified atom stereocenters. The van der Waals surface area contributed by atoms with Gasteiger partial charge in [0.25, 0.3) is 0 Å². The number of halogens is 3. The summed E-state index contributed by atoms with van der Waals surface area (Å²) in [5.74, 6) is -0.627. The minimum atomic E-state index is -1.31. The van der Waals surface area contributed by atoms with Crippen molar-refractivity contribution in [3.05, 3.63) is 62.8 Å². The summed E-state index contributed by atoms with van der Waals surface area (Å²) in [6.07, 6.45) is -4.25. The standard InChI is InChI=1S/C21H20BrCl2N3O5/c22-21-26-14-7-11(23)12(24)8-15(14)27(21)19-18(29)17(28)16(32-19)9-31-20(30)13(25)6-10-4-2-1-3-5-10/h1-5,7-8,13,16-19,28-29H,6,9,25H2/t13-,16?,17?,18?,19?/m0/s1. The molecule has 0 bridgehead atoms. The molecule has 0 spiro atoms. The zero-order valence-electron chi connectivity index (χ0n) is 16.6. The van der Waals surface area contributed by atoms with Crippen LogP contribution in [0.3, 0.4) is 0 Å². The molecule has 32 heavy (non-hydrogen) atoms. The van der Waals surface area contributed by atoms with Gasteiger partial charge in [0.2, 0.25) is 0 Å². The van der Waals surface area contributed by atoms with Gasteiger partial charge in [-0.25, -0.2) is 4.98 Å². The van der Waals surface area contributed by atoms with Gasteiger partial charge in [0.1, 0.15) is 31.0 Å². The van der Waals surface area contributed by atoms with Crippen molar-refractivity contribution in [3.63, 3.8) is 0 Å². The number of hydrogen-bond donors (Lipinski definition) is 3. The summed E-state index contributed by atoms with van der Waals surface area (Å²) < 4.78 is 13.0. The van der Waals surface area contributed by atoms with Crippen molar-refractivity contribution in [2.24, 2.45) is 5.73 Å². The lowest BCUT2D eigenvalue weighted by Gasteiger charge is -2.18. The topological polar surface area (TPSA) is 120 Å². The number of nitrogens with zero attached hydrogens (tertiary/aromatic N) is 2. The molecule has 1 aliphatic rings. The first-order chi connectivity index (χ1) is 15.3.